The van der Waals surface area contributed by atoms with E-state index in [1.165, 1.54) is 12.8 Å². The Bertz CT molecular complexity index is 281. The van der Waals surface area contributed by atoms with Crippen molar-refractivity contribution < 1.29 is 9.90 Å². The molecule has 1 saturated heterocycles. The molecule has 1 fully saturated rings. The van der Waals surface area contributed by atoms with Crippen molar-refractivity contribution in [2.75, 3.05) is 19.6 Å². The molecule has 2 unspecified atom stereocenters. The quantitative estimate of drug-likeness (QED) is 0.731. The number of hydrogen-bond acceptors (Lipinski definition) is 3. The van der Waals surface area contributed by atoms with E-state index < -0.39 is 11.5 Å². The van der Waals surface area contributed by atoms with Gasteiger partial charge in [-0.1, -0.05) is 20.8 Å². The Morgan fingerprint density at radius 1 is 1.56 bits per heavy atom. The Balaban J connectivity index is 2.68. The van der Waals surface area contributed by atoms with Crippen LogP contribution in [0, 0.1) is 5.92 Å². The van der Waals surface area contributed by atoms with E-state index in [4.69, 9.17) is 0 Å². The van der Waals surface area contributed by atoms with Crippen LogP contribution >= 0.6 is 0 Å². The van der Waals surface area contributed by atoms with E-state index in [1.807, 2.05) is 0 Å². The van der Waals surface area contributed by atoms with Crippen molar-refractivity contribution in [1.29, 1.82) is 0 Å². The standard InChI is InChI=1S/C14H28N2O2/c1-5-8-15-14(4,13(17)18)10-16-9-6-7-12(16)11(2)3/h11-12,15H,5-10H2,1-4H3,(H,17,18). The number of nitrogens with zero attached hydrogens (tertiary/aromatic N) is 1. The van der Waals surface area contributed by atoms with E-state index in [9.17, 15) is 9.90 Å². The van der Waals surface area contributed by atoms with Gasteiger partial charge in [0.2, 0.25) is 0 Å². The molecule has 106 valence electrons. The molecule has 0 aromatic rings. The molecule has 0 amide bonds. The highest BCUT2D eigenvalue weighted by atomic mass is 16.4. The fourth-order valence-electron chi connectivity index (χ4n) is 2.81. The van der Waals surface area contributed by atoms with Gasteiger partial charge in [-0.25, -0.2) is 0 Å². The normalized spacial score (nSPS) is 24.4. The number of likely N-dealkylation sites (tertiary alicyclic amines) is 1. The maximum atomic E-state index is 11.5. The smallest absolute Gasteiger partial charge is 0.324 e. The summed E-state index contributed by atoms with van der Waals surface area (Å²) in [7, 11) is 0. The van der Waals surface area contributed by atoms with E-state index in [1.54, 1.807) is 6.92 Å². The van der Waals surface area contributed by atoms with Crippen molar-refractivity contribution >= 4 is 5.97 Å². The lowest BCUT2D eigenvalue weighted by Gasteiger charge is -2.35. The Labute approximate surface area is 111 Å². The monoisotopic (exact) mass is 256 g/mol. The Hall–Kier alpha value is -0.610. The van der Waals surface area contributed by atoms with Gasteiger partial charge in [-0.2, -0.15) is 0 Å². The predicted octanol–water partition coefficient (Wildman–Crippen LogP) is 1.95. The summed E-state index contributed by atoms with van der Waals surface area (Å²) < 4.78 is 0. The Morgan fingerprint density at radius 2 is 2.22 bits per heavy atom. The van der Waals surface area contributed by atoms with E-state index in [2.05, 4.69) is 31.0 Å². The van der Waals surface area contributed by atoms with Crippen LogP contribution in [0.4, 0.5) is 0 Å². The van der Waals surface area contributed by atoms with Crippen LogP contribution in [0.1, 0.15) is 47.0 Å². The van der Waals surface area contributed by atoms with Crippen LogP contribution in [0.5, 0.6) is 0 Å². The predicted molar refractivity (Wildman–Crippen MR) is 73.8 cm³/mol. The van der Waals surface area contributed by atoms with Crippen LogP contribution < -0.4 is 5.32 Å². The number of nitrogens with one attached hydrogen (secondary N) is 1. The summed E-state index contributed by atoms with van der Waals surface area (Å²) in [6.07, 6.45) is 3.34. The summed E-state index contributed by atoms with van der Waals surface area (Å²) in [5.74, 6) is -0.151. The average molecular weight is 256 g/mol. The molecule has 2 N–H and O–H groups in total. The second-order valence-corrected chi connectivity index (χ2v) is 5.99. The van der Waals surface area contributed by atoms with Gasteiger partial charge >= 0.3 is 5.97 Å². The first kappa shape index (κ1) is 15.4. The average Bonchev–Trinajstić information content (AvgIpc) is 2.74. The molecule has 0 aromatic heterocycles. The number of aliphatic carboxylic acids is 1. The lowest BCUT2D eigenvalue weighted by atomic mass is 9.97. The molecule has 0 spiro atoms. The first-order valence-corrected chi connectivity index (χ1v) is 7.13. The summed E-state index contributed by atoms with van der Waals surface area (Å²) in [5, 5.41) is 12.6. The first-order chi connectivity index (χ1) is 8.40. The molecule has 1 heterocycles. The zero-order valence-electron chi connectivity index (χ0n) is 12.2. The van der Waals surface area contributed by atoms with Crippen molar-refractivity contribution in [2.24, 2.45) is 5.92 Å². The minimum absolute atomic E-state index is 0.534. The van der Waals surface area contributed by atoms with Crippen molar-refractivity contribution in [1.82, 2.24) is 10.2 Å². The van der Waals surface area contributed by atoms with Gasteiger partial charge in [0.05, 0.1) is 0 Å². The highest BCUT2D eigenvalue weighted by Gasteiger charge is 2.38. The molecule has 4 nitrogen and oxygen atoms in total. The third kappa shape index (κ3) is 3.69. The lowest BCUT2D eigenvalue weighted by molar-refractivity contribution is -0.145. The van der Waals surface area contributed by atoms with Crippen molar-refractivity contribution in [2.45, 2.75) is 58.5 Å². The number of carboxylic acid groups (broad SMARTS) is 1. The maximum Gasteiger partial charge on any atom is 0.324 e. The molecule has 0 aromatic carbocycles. The van der Waals surface area contributed by atoms with E-state index in [-0.39, 0.29) is 0 Å². The lowest BCUT2D eigenvalue weighted by Crippen LogP contribution is -2.58. The molecule has 1 rings (SSSR count). The molecule has 0 bridgehead atoms. The van der Waals surface area contributed by atoms with E-state index in [0.29, 0.717) is 18.5 Å². The summed E-state index contributed by atoms with van der Waals surface area (Å²) in [5.41, 5.74) is -0.826. The first-order valence-electron chi connectivity index (χ1n) is 7.13. The molecule has 1 aliphatic rings. The molecule has 0 saturated carbocycles. The summed E-state index contributed by atoms with van der Waals surface area (Å²) in [6, 6.07) is 0.534. The van der Waals surface area contributed by atoms with Crippen LogP contribution in [0.25, 0.3) is 0 Å². The van der Waals surface area contributed by atoms with Crippen LogP contribution in [0.2, 0.25) is 0 Å². The third-order valence-electron chi connectivity index (χ3n) is 3.94. The van der Waals surface area contributed by atoms with Crippen LogP contribution in [0.3, 0.4) is 0 Å². The van der Waals surface area contributed by atoms with Gasteiger partial charge in [-0.05, 0) is 45.2 Å². The third-order valence-corrected chi connectivity index (χ3v) is 3.94. The highest BCUT2D eigenvalue weighted by Crippen LogP contribution is 2.25. The molecular formula is C14H28N2O2. The summed E-state index contributed by atoms with van der Waals surface area (Å²) >= 11 is 0. The van der Waals surface area contributed by atoms with Gasteiger partial charge < -0.3 is 10.4 Å². The molecule has 1 aliphatic heterocycles. The number of hydrogen-bond donors (Lipinski definition) is 2. The van der Waals surface area contributed by atoms with Gasteiger partial charge in [0.25, 0.3) is 0 Å². The minimum atomic E-state index is -0.826. The van der Waals surface area contributed by atoms with Gasteiger partial charge in [-0.15, -0.1) is 0 Å². The fraction of sp³-hybridized carbons (Fsp3) is 0.929. The molecular weight excluding hydrogens is 228 g/mol. The van der Waals surface area contributed by atoms with Gasteiger partial charge in [0.15, 0.2) is 0 Å². The SMILES string of the molecule is CCCNC(C)(CN1CCCC1C(C)C)C(=O)O. The minimum Gasteiger partial charge on any atom is -0.480 e. The van der Waals surface area contributed by atoms with Gasteiger partial charge in [-0.3, -0.25) is 9.69 Å². The van der Waals surface area contributed by atoms with E-state index in [0.717, 1.165) is 19.5 Å². The van der Waals surface area contributed by atoms with Gasteiger partial charge in [0.1, 0.15) is 5.54 Å². The van der Waals surface area contributed by atoms with E-state index >= 15 is 0 Å². The van der Waals surface area contributed by atoms with Crippen LogP contribution in [-0.2, 0) is 4.79 Å². The van der Waals surface area contributed by atoms with Crippen LogP contribution in [-0.4, -0.2) is 47.2 Å². The summed E-state index contributed by atoms with van der Waals surface area (Å²) in [4.78, 5) is 13.9. The second-order valence-electron chi connectivity index (χ2n) is 5.99. The molecule has 0 radical (unpaired) electrons. The zero-order chi connectivity index (χ0) is 13.8. The topological polar surface area (TPSA) is 52.6 Å². The van der Waals surface area contributed by atoms with Crippen molar-refractivity contribution in [3.05, 3.63) is 0 Å². The second kappa shape index (κ2) is 6.53. The molecule has 2 atom stereocenters. The number of rotatable bonds is 7. The molecule has 0 aliphatic carbocycles. The Morgan fingerprint density at radius 3 is 2.72 bits per heavy atom. The van der Waals surface area contributed by atoms with Crippen molar-refractivity contribution in [3.63, 3.8) is 0 Å². The van der Waals surface area contributed by atoms with Crippen molar-refractivity contribution in [3.8, 4) is 0 Å². The van der Waals surface area contributed by atoms with Gasteiger partial charge in [0, 0.05) is 12.6 Å². The fourth-order valence-corrected chi connectivity index (χ4v) is 2.81. The summed E-state index contributed by atoms with van der Waals surface area (Å²) in [6.45, 7) is 10.7. The number of carboxylic acids is 1. The maximum absolute atomic E-state index is 11.5. The van der Waals surface area contributed by atoms with Crippen LogP contribution in [0.15, 0.2) is 0 Å². The largest absolute Gasteiger partial charge is 0.480 e. The zero-order valence-corrected chi connectivity index (χ0v) is 12.2. The molecule has 4 heteroatoms. The molecule has 18 heavy (non-hydrogen) atoms. The number of carbonyl (C=O) groups is 1. The highest BCUT2D eigenvalue weighted by molar-refractivity contribution is 5.78. The Kier molecular flexibility index (Phi) is 5.60.